The van der Waals surface area contributed by atoms with Crippen LogP contribution in [0.25, 0.3) is 0 Å². The van der Waals surface area contributed by atoms with E-state index in [1.807, 2.05) is 0 Å². The first-order valence-corrected chi connectivity index (χ1v) is 5.26. The fraction of sp³-hybridized carbons (Fsp3) is 0.500. The molecule has 1 saturated heterocycles. The van der Waals surface area contributed by atoms with Crippen LogP contribution >= 0.6 is 0 Å². The summed E-state index contributed by atoms with van der Waals surface area (Å²) in [6, 6.07) is -1.00. The number of amides is 2. The summed E-state index contributed by atoms with van der Waals surface area (Å²) in [5.41, 5.74) is 0. The second-order valence-electron chi connectivity index (χ2n) is 3.01. The van der Waals surface area contributed by atoms with E-state index in [4.69, 9.17) is 4.55 Å². The van der Waals surface area contributed by atoms with Crippen LogP contribution < -0.4 is 0 Å². The van der Waals surface area contributed by atoms with E-state index in [1.165, 1.54) is 4.90 Å². The molecule has 0 aliphatic carbocycles. The van der Waals surface area contributed by atoms with Crippen LogP contribution in [0, 0.1) is 0 Å². The maximum absolute atomic E-state index is 11.4. The Balaban J connectivity index is 0.00000112. The Bertz CT molecular complexity index is 394. The summed E-state index contributed by atoms with van der Waals surface area (Å²) in [6.45, 7) is 0.811. The Morgan fingerprint density at radius 3 is 2.73 bits per heavy atom. The fourth-order valence-electron chi connectivity index (χ4n) is 1.48. The van der Waals surface area contributed by atoms with Gasteiger partial charge in [0.2, 0.25) is 0 Å². The average Bonchev–Trinajstić information content (AvgIpc) is 2.28. The molecule has 2 bridgehead atoms. The summed E-state index contributed by atoms with van der Waals surface area (Å²) >= 11 is 0. The number of hydrogen-bond donors (Lipinski definition) is 1. The van der Waals surface area contributed by atoms with Crippen LogP contribution in [-0.2, 0) is 14.7 Å². The summed E-state index contributed by atoms with van der Waals surface area (Å²) in [5.74, 6) is 0. The van der Waals surface area contributed by atoms with Gasteiger partial charge < -0.3 is 4.90 Å². The van der Waals surface area contributed by atoms with Crippen molar-refractivity contribution >= 4 is 46.0 Å². The fourth-order valence-corrected chi connectivity index (χ4v) is 1.86. The molecule has 7 nitrogen and oxygen atoms in total. The van der Waals surface area contributed by atoms with Crippen LogP contribution in [0.2, 0.25) is 0 Å². The van der Waals surface area contributed by atoms with Crippen LogP contribution in [-0.4, -0.2) is 77.7 Å². The van der Waals surface area contributed by atoms with Gasteiger partial charge in [0, 0.05) is 13.1 Å². The Labute approximate surface area is 109 Å². The topological polar surface area (TPSA) is 87.2 Å². The standard InChI is InChI=1S/C6H8N2O5S.Na.H/c9-6-7-3-1-2-5(4-7)8(6)13-14(10,11)12;;/h1-2,5H,3-4H2,(H,10,11,12);;. The molecular weight excluding hydrogens is 235 g/mol. The zero-order valence-corrected chi connectivity index (χ0v) is 7.85. The van der Waals surface area contributed by atoms with Crippen molar-refractivity contribution in [1.29, 1.82) is 0 Å². The molecule has 1 atom stereocenters. The molecular formula is C6H9N2NaO5S. The predicted molar refractivity (Wildman–Crippen MR) is 51.5 cm³/mol. The Morgan fingerprint density at radius 1 is 1.53 bits per heavy atom. The Kier molecular flexibility index (Phi) is 3.80. The van der Waals surface area contributed by atoms with Gasteiger partial charge in [0.15, 0.2) is 0 Å². The number of carbonyl (C=O) groups excluding carboxylic acids is 1. The van der Waals surface area contributed by atoms with Crippen molar-refractivity contribution in [3.05, 3.63) is 12.2 Å². The normalized spacial score (nSPS) is 24.3. The van der Waals surface area contributed by atoms with Crippen LogP contribution in [0.5, 0.6) is 0 Å². The molecule has 0 spiro atoms. The molecule has 1 unspecified atom stereocenters. The van der Waals surface area contributed by atoms with Gasteiger partial charge in [0.1, 0.15) is 0 Å². The predicted octanol–water partition coefficient (Wildman–Crippen LogP) is -1.25. The third-order valence-electron chi connectivity index (χ3n) is 2.03. The minimum atomic E-state index is -4.63. The summed E-state index contributed by atoms with van der Waals surface area (Å²) in [7, 11) is -4.63. The zero-order chi connectivity index (χ0) is 10.3. The third kappa shape index (κ3) is 2.71. The zero-order valence-electron chi connectivity index (χ0n) is 7.03. The second-order valence-corrected chi connectivity index (χ2v) is 4.02. The van der Waals surface area contributed by atoms with E-state index in [9.17, 15) is 13.2 Å². The number of carbonyl (C=O) groups is 1. The molecule has 2 amide bonds. The van der Waals surface area contributed by atoms with Crippen molar-refractivity contribution in [2.45, 2.75) is 6.04 Å². The molecule has 0 aromatic heterocycles. The molecule has 2 aliphatic heterocycles. The van der Waals surface area contributed by atoms with E-state index >= 15 is 0 Å². The van der Waals surface area contributed by atoms with Gasteiger partial charge in [-0.3, -0.25) is 4.55 Å². The van der Waals surface area contributed by atoms with Gasteiger partial charge in [-0.05, 0) is 0 Å². The van der Waals surface area contributed by atoms with Gasteiger partial charge in [-0.15, -0.1) is 4.28 Å². The van der Waals surface area contributed by atoms with Crippen molar-refractivity contribution in [3.8, 4) is 0 Å². The van der Waals surface area contributed by atoms with Gasteiger partial charge in [-0.2, -0.15) is 13.5 Å². The number of urea groups is 1. The molecule has 15 heavy (non-hydrogen) atoms. The van der Waals surface area contributed by atoms with Gasteiger partial charge in [-0.1, -0.05) is 12.2 Å². The average molecular weight is 244 g/mol. The summed E-state index contributed by atoms with van der Waals surface area (Å²) in [5, 5.41) is 0.652. The summed E-state index contributed by atoms with van der Waals surface area (Å²) < 4.78 is 33.4. The molecule has 2 rings (SSSR count). The van der Waals surface area contributed by atoms with Gasteiger partial charge >= 0.3 is 46.0 Å². The van der Waals surface area contributed by atoms with E-state index in [2.05, 4.69) is 4.28 Å². The van der Waals surface area contributed by atoms with Crippen molar-refractivity contribution < 1.29 is 22.0 Å². The first-order valence-electron chi connectivity index (χ1n) is 3.89. The van der Waals surface area contributed by atoms with Crippen molar-refractivity contribution in [3.63, 3.8) is 0 Å². The molecule has 9 heteroatoms. The molecule has 0 aromatic rings. The number of hydroxylamine groups is 2. The summed E-state index contributed by atoms with van der Waals surface area (Å²) in [4.78, 5) is 12.8. The molecule has 0 saturated carbocycles. The van der Waals surface area contributed by atoms with Gasteiger partial charge in [-0.25, -0.2) is 4.79 Å². The number of hydrogen-bond acceptors (Lipinski definition) is 4. The molecule has 2 aliphatic rings. The van der Waals surface area contributed by atoms with Crippen LogP contribution in [0.3, 0.4) is 0 Å². The quantitative estimate of drug-likeness (QED) is 0.372. The SMILES string of the molecule is O=C1N2CC=CC(C2)N1OS(=O)(=O)O.[NaH]. The Hall–Kier alpha value is -0.120. The minimum absolute atomic E-state index is 0. The third-order valence-corrected chi connectivity index (χ3v) is 2.38. The maximum atomic E-state index is 11.4. The van der Waals surface area contributed by atoms with Crippen LogP contribution in [0.15, 0.2) is 12.2 Å². The number of fused-ring (bicyclic) bond motifs is 2. The van der Waals surface area contributed by atoms with Gasteiger partial charge in [0.05, 0.1) is 6.04 Å². The number of nitrogens with zero attached hydrogens (tertiary/aromatic N) is 2. The van der Waals surface area contributed by atoms with E-state index in [1.54, 1.807) is 12.2 Å². The molecule has 2 heterocycles. The van der Waals surface area contributed by atoms with E-state index in [0.29, 0.717) is 18.2 Å². The van der Waals surface area contributed by atoms with Crippen LogP contribution in [0.1, 0.15) is 0 Å². The number of rotatable bonds is 2. The van der Waals surface area contributed by atoms with Gasteiger partial charge in [0.25, 0.3) is 0 Å². The Morgan fingerprint density at radius 2 is 2.20 bits per heavy atom. The van der Waals surface area contributed by atoms with Crippen LogP contribution in [0.4, 0.5) is 4.79 Å². The van der Waals surface area contributed by atoms with Crippen molar-refractivity contribution in [2.75, 3.05) is 13.1 Å². The van der Waals surface area contributed by atoms with Crippen molar-refractivity contribution in [2.24, 2.45) is 0 Å². The molecule has 1 N–H and O–H groups in total. The molecule has 0 radical (unpaired) electrons. The van der Waals surface area contributed by atoms with Crippen molar-refractivity contribution in [1.82, 2.24) is 9.96 Å². The molecule has 0 aromatic carbocycles. The van der Waals surface area contributed by atoms with E-state index < -0.39 is 22.5 Å². The van der Waals surface area contributed by atoms with E-state index in [-0.39, 0.29) is 29.6 Å². The first-order chi connectivity index (χ1) is 6.47. The van der Waals surface area contributed by atoms with E-state index in [0.717, 1.165) is 0 Å². The second kappa shape index (κ2) is 4.40. The monoisotopic (exact) mass is 244 g/mol. The molecule has 80 valence electrons. The summed E-state index contributed by atoms with van der Waals surface area (Å²) in [6.07, 6.45) is 3.39. The first kappa shape index (κ1) is 12.9. The molecule has 1 fully saturated rings.